The Hall–Kier alpha value is -2.13. The standard InChI is InChI=1S/C24H35N5O.HI/c1-19(29(5)18-21-9-7-6-8-10-21)15-16-26-24(25-2)27-17-20-11-13-22(14-12-20)23(30)28(3)4;/h6-14,19H,15-18H2,1-5H3,(H2,25,26,27);1H. The maximum atomic E-state index is 12.0. The average molecular weight is 537 g/mol. The maximum Gasteiger partial charge on any atom is 0.253 e. The van der Waals surface area contributed by atoms with Crippen molar-refractivity contribution in [3.63, 3.8) is 0 Å². The molecule has 1 unspecified atom stereocenters. The van der Waals surface area contributed by atoms with Crippen LogP contribution in [0.5, 0.6) is 0 Å². The fourth-order valence-corrected chi connectivity index (χ4v) is 3.08. The fourth-order valence-electron chi connectivity index (χ4n) is 3.08. The first kappa shape index (κ1) is 26.9. The van der Waals surface area contributed by atoms with Gasteiger partial charge in [0.2, 0.25) is 0 Å². The monoisotopic (exact) mass is 537 g/mol. The summed E-state index contributed by atoms with van der Waals surface area (Å²) >= 11 is 0. The maximum absolute atomic E-state index is 12.0. The molecule has 0 aliphatic heterocycles. The molecule has 0 heterocycles. The van der Waals surface area contributed by atoms with Crippen molar-refractivity contribution in [2.45, 2.75) is 32.5 Å². The fraction of sp³-hybridized carbons (Fsp3) is 0.417. The summed E-state index contributed by atoms with van der Waals surface area (Å²) in [5, 5.41) is 6.72. The lowest BCUT2D eigenvalue weighted by Crippen LogP contribution is -2.39. The van der Waals surface area contributed by atoms with Crippen LogP contribution in [0.15, 0.2) is 59.6 Å². The van der Waals surface area contributed by atoms with Gasteiger partial charge in [-0.15, -0.1) is 24.0 Å². The van der Waals surface area contributed by atoms with Crippen LogP contribution < -0.4 is 10.6 Å². The van der Waals surface area contributed by atoms with E-state index in [2.05, 4.69) is 58.8 Å². The summed E-state index contributed by atoms with van der Waals surface area (Å²) in [6.07, 6.45) is 1.02. The summed E-state index contributed by atoms with van der Waals surface area (Å²) in [5.41, 5.74) is 3.12. The summed E-state index contributed by atoms with van der Waals surface area (Å²) in [6.45, 7) is 4.69. The summed E-state index contributed by atoms with van der Waals surface area (Å²) in [5.74, 6) is 0.791. The zero-order valence-electron chi connectivity index (χ0n) is 19.3. The van der Waals surface area contributed by atoms with Crippen molar-refractivity contribution < 1.29 is 4.79 Å². The number of guanidine groups is 1. The lowest BCUT2D eigenvalue weighted by atomic mass is 10.1. The molecule has 1 amide bonds. The van der Waals surface area contributed by atoms with Crippen molar-refractivity contribution in [3.8, 4) is 0 Å². The number of aliphatic imine (C=N–C) groups is 1. The van der Waals surface area contributed by atoms with Gasteiger partial charge in [0.15, 0.2) is 5.96 Å². The molecule has 2 rings (SSSR count). The van der Waals surface area contributed by atoms with E-state index in [0.29, 0.717) is 18.2 Å². The number of hydrogen-bond donors (Lipinski definition) is 2. The SMILES string of the molecule is CN=C(NCCC(C)N(C)Cc1ccccc1)NCc1ccc(C(=O)N(C)C)cc1.I. The largest absolute Gasteiger partial charge is 0.356 e. The van der Waals surface area contributed by atoms with E-state index in [1.54, 1.807) is 26.0 Å². The minimum Gasteiger partial charge on any atom is -0.356 e. The Morgan fingerprint density at radius 3 is 2.19 bits per heavy atom. The highest BCUT2D eigenvalue weighted by Gasteiger charge is 2.10. The number of nitrogens with one attached hydrogen (secondary N) is 2. The van der Waals surface area contributed by atoms with E-state index in [1.165, 1.54) is 5.56 Å². The number of benzene rings is 2. The van der Waals surface area contributed by atoms with E-state index < -0.39 is 0 Å². The zero-order valence-corrected chi connectivity index (χ0v) is 21.6. The number of rotatable bonds is 9. The first-order chi connectivity index (χ1) is 14.4. The molecule has 0 aliphatic rings. The number of halogens is 1. The van der Waals surface area contributed by atoms with Gasteiger partial charge >= 0.3 is 0 Å². The summed E-state index contributed by atoms with van der Waals surface area (Å²) in [6, 6.07) is 18.7. The van der Waals surface area contributed by atoms with Crippen LogP contribution in [0.2, 0.25) is 0 Å². The first-order valence-corrected chi connectivity index (χ1v) is 10.4. The summed E-state index contributed by atoms with van der Waals surface area (Å²) in [7, 11) is 7.45. The molecule has 2 N–H and O–H groups in total. The van der Waals surface area contributed by atoms with E-state index in [4.69, 9.17) is 0 Å². The number of nitrogens with zero attached hydrogens (tertiary/aromatic N) is 3. The van der Waals surface area contributed by atoms with E-state index in [0.717, 1.165) is 31.0 Å². The lowest BCUT2D eigenvalue weighted by molar-refractivity contribution is 0.0827. The van der Waals surface area contributed by atoms with Gasteiger partial charge in [0.25, 0.3) is 5.91 Å². The quantitative estimate of drug-likeness (QED) is 0.292. The van der Waals surface area contributed by atoms with Gasteiger partial charge in [0, 0.05) is 52.4 Å². The predicted molar refractivity (Wildman–Crippen MR) is 140 cm³/mol. The molecule has 0 bridgehead atoms. The molecule has 2 aromatic rings. The second-order valence-electron chi connectivity index (χ2n) is 7.79. The predicted octanol–water partition coefficient (Wildman–Crippen LogP) is 3.58. The molecule has 0 aliphatic carbocycles. The Labute approximate surface area is 204 Å². The lowest BCUT2D eigenvalue weighted by Gasteiger charge is -2.25. The molecule has 0 fully saturated rings. The minimum atomic E-state index is 0. The topological polar surface area (TPSA) is 60.0 Å². The van der Waals surface area contributed by atoms with E-state index in [-0.39, 0.29) is 29.9 Å². The molecule has 31 heavy (non-hydrogen) atoms. The van der Waals surface area contributed by atoms with Gasteiger partial charge in [0.05, 0.1) is 0 Å². The highest BCUT2D eigenvalue weighted by atomic mass is 127. The van der Waals surface area contributed by atoms with Gasteiger partial charge in [0.1, 0.15) is 0 Å². The molecule has 0 saturated carbocycles. The van der Waals surface area contributed by atoms with Gasteiger partial charge in [-0.05, 0) is 43.7 Å². The van der Waals surface area contributed by atoms with Crippen molar-refractivity contribution in [1.29, 1.82) is 0 Å². The molecule has 170 valence electrons. The number of carbonyl (C=O) groups is 1. The van der Waals surface area contributed by atoms with E-state index in [1.807, 2.05) is 30.3 Å². The molecule has 0 aromatic heterocycles. The Kier molecular flexibility index (Phi) is 12.2. The van der Waals surface area contributed by atoms with E-state index in [9.17, 15) is 4.79 Å². The molecule has 2 aromatic carbocycles. The van der Waals surface area contributed by atoms with Crippen LogP contribution in [-0.2, 0) is 13.1 Å². The van der Waals surface area contributed by atoms with Crippen LogP contribution in [0.3, 0.4) is 0 Å². The van der Waals surface area contributed by atoms with Crippen LogP contribution in [-0.4, -0.2) is 62.4 Å². The molecular formula is C24H36IN5O. The first-order valence-electron chi connectivity index (χ1n) is 10.4. The Morgan fingerprint density at radius 1 is 0.968 bits per heavy atom. The normalized spacial score (nSPS) is 12.1. The Morgan fingerprint density at radius 2 is 1.61 bits per heavy atom. The van der Waals surface area contributed by atoms with Crippen molar-refractivity contribution in [1.82, 2.24) is 20.4 Å². The number of amides is 1. The molecule has 0 spiro atoms. The van der Waals surface area contributed by atoms with Crippen LogP contribution in [0.4, 0.5) is 0 Å². The van der Waals surface area contributed by atoms with Crippen LogP contribution in [0.1, 0.15) is 34.8 Å². The third kappa shape index (κ3) is 9.26. The van der Waals surface area contributed by atoms with Crippen molar-refractivity contribution >= 4 is 35.8 Å². The molecule has 0 saturated heterocycles. The van der Waals surface area contributed by atoms with Crippen molar-refractivity contribution in [2.75, 3.05) is 34.7 Å². The zero-order chi connectivity index (χ0) is 21.9. The molecule has 6 nitrogen and oxygen atoms in total. The smallest absolute Gasteiger partial charge is 0.253 e. The van der Waals surface area contributed by atoms with Gasteiger partial charge in [-0.25, -0.2) is 0 Å². The highest BCUT2D eigenvalue weighted by Crippen LogP contribution is 2.08. The van der Waals surface area contributed by atoms with Crippen molar-refractivity contribution in [2.24, 2.45) is 4.99 Å². The second-order valence-corrected chi connectivity index (χ2v) is 7.79. The average Bonchev–Trinajstić information content (AvgIpc) is 2.76. The van der Waals surface area contributed by atoms with Gasteiger partial charge in [-0.2, -0.15) is 0 Å². The third-order valence-electron chi connectivity index (χ3n) is 5.17. The molecule has 1 atom stereocenters. The summed E-state index contributed by atoms with van der Waals surface area (Å²) in [4.78, 5) is 20.2. The van der Waals surface area contributed by atoms with Crippen LogP contribution in [0, 0.1) is 0 Å². The molecule has 0 radical (unpaired) electrons. The van der Waals surface area contributed by atoms with E-state index >= 15 is 0 Å². The van der Waals surface area contributed by atoms with Crippen molar-refractivity contribution in [3.05, 3.63) is 71.3 Å². The van der Waals surface area contributed by atoms with Crippen LogP contribution >= 0.6 is 24.0 Å². The molecule has 7 heteroatoms. The minimum absolute atomic E-state index is 0. The Bertz CT molecular complexity index is 808. The summed E-state index contributed by atoms with van der Waals surface area (Å²) < 4.78 is 0. The number of hydrogen-bond acceptors (Lipinski definition) is 3. The number of carbonyl (C=O) groups excluding carboxylic acids is 1. The second kappa shape index (κ2) is 14.0. The highest BCUT2D eigenvalue weighted by molar-refractivity contribution is 14.0. The van der Waals surface area contributed by atoms with Gasteiger partial charge in [-0.1, -0.05) is 42.5 Å². The Balaban J connectivity index is 0.00000480. The van der Waals surface area contributed by atoms with Crippen LogP contribution in [0.25, 0.3) is 0 Å². The molecular weight excluding hydrogens is 501 g/mol. The van der Waals surface area contributed by atoms with Gasteiger partial charge < -0.3 is 15.5 Å². The van der Waals surface area contributed by atoms with Gasteiger partial charge in [-0.3, -0.25) is 14.7 Å². The third-order valence-corrected chi connectivity index (χ3v) is 5.17.